The minimum atomic E-state index is -3.56. The number of hydrogen-bond donors (Lipinski definition) is 2. The van der Waals surface area contributed by atoms with Gasteiger partial charge in [-0.2, -0.15) is 0 Å². The Bertz CT molecular complexity index is 843. The van der Waals surface area contributed by atoms with Crippen molar-refractivity contribution in [2.75, 3.05) is 19.4 Å². The van der Waals surface area contributed by atoms with Crippen molar-refractivity contribution in [3.63, 3.8) is 0 Å². The van der Waals surface area contributed by atoms with E-state index in [-0.39, 0.29) is 23.0 Å². The number of aryl methyl sites for hydroxylation is 1. The van der Waals surface area contributed by atoms with E-state index in [0.29, 0.717) is 5.69 Å². The molecule has 0 bridgehead atoms. The number of carbonyl (C=O) groups is 1. The summed E-state index contributed by atoms with van der Waals surface area (Å²) >= 11 is 0. The van der Waals surface area contributed by atoms with E-state index in [1.807, 2.05) is 0 Å². The summed E-state index contributed by atoms with van der Waals surface area (Å²) in [7, 11) is -0.648. The maximum absolute atomic E-state index is 12.2. The van der Waals surface area contributed by atoms with Gasteiger partial charge in [0, 0.05) is 19.8 Å². The summed E-state index contributed by atoms with van der Waals surface area (Å²) in [6, 6.07) is 11.0. The summed E-state index contributed by atoms with van der Waals surface area (Å²) in [5, 5.41) is 12.0. The van der Waals surface area contributed by atoms with Gasteiger partial charge in [0.2, 0.25) is 15.9 Å². The minimum Gasteiger partial charge on any atom is -0.508 e. The molecular formula is C17H20N2O4S. The Kier molecular flexibility index (Phi) is 5.26. The summed E-state index contributed by atoms with van der Waals surface area (Å²) in [6.45, 7) is 1.79. The Morgan fingerprint density at radius 3 is 2.33 bits per heavy atom. The molecule has 7 heteroatoms. The van der Waals surface area contributed by atoms with Gasteiger partial charge in [-0.05, 0) is 42.3 Å². The molecule has 1 amide bonds. The Labute approximate surface area is 141 Å². The molecule has 2 aromatic carbocycles. The molecule has 0 aliphatic carbocycles. The Balaban J connectivity index is 2.20. The van der Waals surface area contributed by atoms with Crippen LogP contribution in [0.4, 0.5) is 5.69 Å². The molecule has 0 aromatic heterocycles. The van der Waals surface area contributed by atoms with Gasteiger partial charge in [0.25, 0.3) is 0 Å². The molecule has 2 N–H and O–H groups in total. The molecule has 0 unspecified atom stereocenters. The first-order valence-corrected chi connectivity index (χ1v) is 8.75. The van der Waals surface area contributed by atoms with E-state index < -0.39 is 10.0 Å². The number of amides is 1. The van der Waals surface area contributed by atoms with Gasteiger partial charge in [0.15, 0.2) is 0 Å². The zero-order valence-electron chi connectivity index (χ0n) is 13.8. The van der Waals surface area contributed by atoms with Crippen LogP contribution in [0.15, 0.2) is 47.4 Å². The lowest BCUT2D eigenvalue weighted by atomic mass is 10.1. The standard InChI is InChI=1S/C17H20N2O4S/c1-12-4-9-15(24(22,23)19(2)3)11-16(12)18-17(21)10-13-5-7-14(20)8-6-13/h4-9,11,20H,10H2,1-3H3,(H,18,21). The number of aromatic hydroxyl groups is 1. The molecule has 0 fully saturated rings. The van der Waals surface area contributed by atoms with Crippen molar-refractivity contribution in [2.45, 2.75) is 18.2 Å². The number of rotatable bonds is 5. The van der Waals surface area contributed by atoms with E-state index >= 15 is 0 Å². The first-order chi connectivity index (χ1) is 11.2. The van der Waals surface area contributed by atoms with Gasteiger partial charge in [-0.1, -0.05) is 18.2 Å². The van der Waals surface area contributed by atoms with Crippen molar-refractivity contribution >= 4 is 21.6 Å². The van der Waals surface area contributed by atoms with Crippen LogP contribution in [-0.2, 0) is 21.2 Å². The fourth-order valence-corrected chi connectivity index (χ4v) is 3.03. The summed E-state index contributed by atoms with van der Waals surface area (Å²) in [5.74, 6) is -0.125. The molecule has 0 heterocycles. The van der Waals surface area contributed by atoms with Gasteiger partial charge in [0.05, 0.1) is 11.3 Å². The molecule has 0 aliphatic heterocycles. The van der Waals surface area contributed by atoms with Crippen molar-refractivity contribution in [1.29, 1.82) is 0 Å². The van der Waals surface area contributed by atoms with Crippen molar-refractivity contribution in [3.8, 4) is 5.75 Å². The second kappa shape index (κ2) is 7.02. The molecular weight excluding hydrogens is 328 g/mol. The predicted octanol–water partition coefficient (Wildman–Crippen LogP) is 2.13. The van der Waals surface area contributed by atoms with Crippen molar-refractivity contribution < 1.29 is 18.3 Å². The first-order valence-electron chi connectivity index (χ1n) is 7.31. The molecule has 0 saturated heterocycles. The Morgan fingerprint density at radius 1 is 1.12 bits per heavy atom. The lowest BCUT2D eigenvalue weighted by Gasteiger charge is -2.14. The quantitative estimate of drug-likeness (QED) is 0.867. The van der Waals surface area contributed by atoms with Crippen LogP contribution in [0.3, 0.4) is 0 Å². The van der Waals surface area contributed by atoms with Gasteiger partial charge in [-0.15, -0.1) is 0 Å². The number of hydrogen-bond acceptors (Lipinski definition) is 4. The summed E-state index contributed by atoms with van der Waals surface area (Å²) in [4.78, 5) is 12.3. The van der Waals surface area contributed by atoms with Crippen LogP contribution in [0.25, 0.3) is 0 Å². The van der Waals surface area contributed by atoms with Crippen LogP contribution in [0.2, 0.25) is 0 Å². The number of carbonyl (C=O) groups excluding carboxylic acids is 1. The maximum atomic E-state index is 12.2. The number of anilines is 1. The molecule has 0 radical (unpaired) electrons. The van der Waals surface area contributed by atoms with Gasteiger partial charge in [0.1, 0.15) is 5.75 Å². The van der Waals surface area contributed by atoms with Crippen LogP contribution in [0.5, 0.6) is 5.75 Å². The fraction of sp³-hybridized carbons (Fsp3) is 0.235. The third-order valence-corrected chi connectivity index (χ3v) is 5.37. The summed E-state index contributed by atoms with van der Waals surface area (Å²) < 4.78 is 25.5. The first kappa shape index (κ1) is 18.0. The average Bonchev–Trinajstić information content (AvgIpc) is 2.51. The largest absolute Gasteiger partial charge is 0.508 e. The van der Waals surface area contributed by atoms with E-state index in [0.717, 1.165) is 15.4 Å². The zero-order chi connectivity index (χ0) is 17.9. The number of phenolic OH excluding ortho intramolecular Hbond substituents is 1. The van der Waals surface area contributed by atoms with Crippen molar-refractivity contribution in [3.05, 3.63) is 53.6 Å². The molecule has 0 atom stereocenters. The third-order valence-electron chi connectivity index (χ3n) is 3.56. The van der Waals surface area contributed by atoms with Crippen LogP contribution in [-0.4, -0.2) is 37.8 Å². The molecule has 0 aliphatic rings. The number of phenols is 1. The van der Waals surface area contributed by atoms with Crippen LogP contribution >= 0.6 is 0 Å². The molecule has 128 valence electrons. The normalized spacial score (nSPS) is 11.5. The Morgan fingerprint density at radius 2 is 1.75 bits per heavy atom. The van der Waals surface area contributed by atoms with E-state index in [1.165, 1.54) is 38.4 Å². The second-order valence-electron chi connectivity index (χ2n) is 5.66. The highest BCUT2D eigenvalue weighted by atomic mass is 32.2. The van der Waals surface area contributed by atoms with Gasteiger partial charge < -0.3 is 10.4 Å². The fourth-order valence-electron chi connectivity index (χ4n) is 2.10. The highest BCUT2D eigenvalue weighted by molar-refractivity contribution is 7.89. The van der Waals surface area contributed by atoms with E-state index in [2.05, 4.69) is 5.32 Å². The maximum Gasteiger partial charge on any atom is 0.242 e. The van der Waals surface area contributed by atoms with Crippen molar-refractivity contribution in [1.82, 2.24) is 4.31 Å². The second-order valence-corrected chi connectivity index (χ2v) is 7.81. The molecule has 2 rings (SSSR count). The molecule has 6 nitrogen and oxygen atoms in total. The molecule has 2 aromatic rings. The topological polar surface area (TPSA) is 86.7 Å². The highest BCUT2D eigenvalue weighted by Gasteiger charge is 2.18. The van der Waals surface area contributed by atoms with Gasteiger partial charge >= 0.3 is 0 Å². The summed E-state index contributed by atoms with van der Waals surface area (Å²) in [5.41, 5.74) is 1.98. The highest BCUT2D eigenvalue weighted by Crippen LogP contribution is 2.22. The van der Waals surface area contributed by atoms with E-state index in [1.54, 1.807) is 25.1 Å². The molecule has 24 heavy (non-hydrogen) atoms. The average molecular weight is 348 g/mol. The minimum absolute atomic E-state index is 0.123. The van der Waals surface area contributed by atoms with Crippen LogP contribution < -0.4 is 5.32 Å². The number of nitrogens with zero attached hydrogens (tertiary/aromatic N) is 1. The smallest absolute Gasteiger partial charge is 0.242 e. The zero-order valence-corrected chi connectivity index (χ0v) is 14.6. The number of benzene rings is 2. The lowest BCUT2D eigenvalue weighted by molar-refractivity contribution is -0.115. The number of nitrogens with one attached hydrogen (secondary N) is 1. The van der Waals surface area contributed by atoms with E-state index in [9.17, 15) is 18.3 Å². The van der Waals surface area contributed by atoms with Crippen molar-refractivity contribution in [2.24, 2.45) is 0 Å². The summed E-state index contributed by atoms with van der Waals surface area (Å²) in [6.07, 6.45) is 0.129. The third kappa shape index (κ3) is 4.12. The molecule has 0 saturated carbocycles. The molecule has 0 spiro atoms. The predicted molar refractivity (Wildman–Crippen MR) is 92.5 cm³/mol. The monoisotopic (exact) mass is 348 g/mol. The van der Waals surface area contributed by atoms with Crippen LogP contribution in [0, 0.1) is 6.92 Å². The van der Waals surface area contributed by atoms with E-state index in [4.69, 9.17) is 0 Å². The number of sulfonamides is 1. The van der Waals surface area contributed by atoms with Gasteiger partial charge in [-0.25, -0.2) is 12.7 Å². The lowest BCUT2D eigenvalue weighted by Crippen LogP contribution is -2.22. The SMILES string of the molecule is Cc1ccc(S(=O)(=O)N(C)C)cc1NC(=O)Cc1ccc(O)cc1. The Hall–Kier alpha value is -2.38. The van der Waals surface area contributed by atoms with Crippen LogP contribution in [0.1, 0.15) is 11.1 Å². The van der Waals surface area contributed by atoms with Gasteiger partial charge in [-0.3, -0.25) is 4.79 Å².